The molecule has 0 bridgehead atoms. The topological polar surface area (TPSA) is 37.4 Å². The molecule has 2 aromatic carbocycles. The standard InChI is InChI=1S/C25H29N3O3/c1-16-24-18(4-5-21(29-3)25(24)27-10-8-26(2)9-11-27)12-20-19-14-23-22(30-15-31-23)13-17(19)6-7-28(16)20/h4-5,12-14,16H,6-11,15H2,1-3H3/t16-/m1/s1. The van der Waals surface area contributed by atoms with Gasteiger partial charge in [-0.1, -0.05) is 6.07 Å². The lowest BCUT2D eigenvalue weighted by atomic mass is 9.86. The molecule has 1 saturated heterocycles. The average Bonchev–Trinajstić information content (AvgIpc) is 3.25. The number of nitrogens with zero attached hydrogens (tertiary/aromatic N) is 3. The molecule has 4 heterocycles. The van der Waals surface area contributed by atoms with Crippen LogP contribution < -0.4 is 19.1 Å². The Balaban J connectivity index is 1.49. The van der Waals surface area contributed by atoms with Gasteiger partial charge in [-0.3, -0.25) is 0 Å². The first kappa shape index (κ1) is 18.9. The monoisotopic (exact) mass is 419 g/mol. The number of fused-ring (bicyclic) bond motifs is 5. The molecular weight excluding hydrogens is 390 g/mol. The molecule has 0 spiro atoms. The molecule has 0 unspecified atom stereocenters. The molecule has 6 heteroatoms. The van der Waals surface area contributed by atoms with Gasteiger partial charge in [0.2, 0.25) is 6.79 Å². The fourth-order valence-electron chi connectivity index (χ4n) is 5.50. The summed E-state index contributed by atoms with van der Waals surface area (Å²) in [6.45, 7) is 7.85. The van der Waals surface area contributed by atoms with Gasteiger partial charge < -0.3 is 28.9 Å². The van der Waals surface area contributed by atoms with Gasteiger partial charge in [0.15, 0.2) is 11.5 Å². The Hall–Kier alpha value is -2.86. The molecule has 0 aliphatic carbocycles. The van der Waals surface area contributed by atoms with Crippen LogP contribution in [0.5, 0.6) is 17.2 Å². The Bertz CT molecular complexity index is 1070. The summed E-state index contributed by atoms with van der Waals surface area (Å²) in [4.78, 5) is 7.46. The molecule has 4 aliphatic rings. The Morgan fingerprint density at radius 2 is 1.77 bits per heavy atom. The smallest absolute Gasteiger partial charge is 0.231 e. The van der Waals surface area contributed by atoms with E-state index in [0.29, 0.717) is 6.79 Å². The Kier molecular flexibility index (Phi) is 4.32. The summed E-state index contributed by atoms with van der Waals surface area (Å²) in [7, 11) is 3.99. The minimum Gasteiger partial charge on any atom is -0.495 e. The first-order valence-corrected chi connectivity index (χ1v) is 11.2. The maximum absolute atomic E-state index is 5.86. The predicted molar refractivity (Wildman–Crippen MR) is 122 cm³/mol. The molecule has 4 aliphatic heterocycles. The first-order chi connectivity index (χ1) is 15.1. The van der Waals surface area contributed by atoms with Crippen molar-refractivity contribution in [2.24, 2.45) is 0 Å². The van der Waals surface area contributed by atoms with Crippen molar-refractivity contribution in [3.63, 3.8) is 0 Å². The number of ether oxygens (including phenoxy) is 3. The van der Waals surface area contributed by atoms with Gasteiger partial charge in [0.25, 0.3) is 0 Å². The third-order valence-corrected chi connectivity index (χ3v) is 7.24. The number of piperazine rings is 1. The van der Waals surface area contributed by atoms with E-state index in [1.165, 1.54) is 33.6 Å². The van der Waals surface area contributed by atoms with Crippen LogP contribution in [-0.4, -0.2) is 63.5 Å². The van der Waals surface area contributed by atoms with E-state index in [1.54, 1.807) is 7.11 Å². The highest BCUT2D eigenvalue weighted by molar-refractivity contribution is 5.89. The van der Waals surface area contributed by atoms with Gasteiger partial charge >= 0.3 is 0 Å². The summed E-state index contributed by atoms with van der Waals surface area (Å²) in [6, 6.07) is 8.96. The van der Waals surface area contributed by atoms with Gasteiger partial charge in [0.05, 0.1) is 18.8 Å². The van der Waals surface area contributed by atoms with Crippen LogP contribution in [0.2, 0.25) is 0 Å². The first-order valence-electron chi connectivity index (χ1n) is 11.2. The minimum absolute atomic E-state index is 0.276. The molecule has 6 rings (SSSR count). The van der Waals surface area contributed by atoms with E-state index >= 15 is 0 Å². The molecule has 0 amide bonds. The lowest BCUT2D eigenvalue weighted by Crippen LogP contribution is -2.45. The van der Waals surface area contributed by atoms with E-state index in [2.05, 4.69) is 59.0 Å². The van der Waals surface area contributed by atoms with Gasteiger partial charge in [0, 0.05) is 49.5 Å². The summed E-state index contributed by atoms with van der Waals surface area (Å²) < 4.78 is 17.2. The van der Waals surface area contributed by atoms with E-state index in [9.17, 15) is 0 Å². The highest BCUT2D eigenvalue weighted by atomic mass is 16.7. The van der Waals surface area contributed by atoms with Crippen LogP contribution in [0.4, 0.5) is 5.69 Å². The van der Waals surface area contributed by atoms with Gasteiger partial charge in [-0.15, -0.1) is 0 Å². The summed E-state index contributed by atoms with van der Waals surface area (Å²) in [5.74, 6) is 2.71. The summed E-state index contributed by atoms with van der Waals surface area (Å²) in [6.07, 6.45) is 3.37. The van der Waals surface area contributed by atoms with Gasteiger partial charge in [-0.25, -0.2) is 0 Å². The maximum Gasteiger partial charge on any atom is 0.231 e. The van der Waals surface area contributed by atoms with Crippen LogP contribution in [0.25, 0.3) is 11.8 Å². The summed E-state index contributed by atoms with van der Waals surface area (Å²) >= 11 is 0. The van der Waals surface area contributed by atoms with Crippen molar-refractivity contribution in [1.82, 2.24) is 9.80 Å². The van der Waals surface area contributed by atoms with Crippen LogP contribution in [0.3, 0.4) is 0 Å². The van der Waals surface area contributed by atoms with Crippen molar-refractivity contribution in [2.75, 3.05) is 58.6 Å². The Morgan fingerprint density at radius 3 is 2.55 bits per heavy atom. The summed E-state index contributed by atoms with van der Waals surface area (Å²) in [5.41, 5.74) is 7.84. The van der Waals surface area contributed by atoms with Crippen molar-refractivity contribution >= 4 is 17.5 Å². The van der Waals surface area contributed by atoms with Crippen LogP contribution in [0.15, 0.2) is 24.3 Å². The van der Waals surface area contributed by atoms with Gasteiger partial charge in [-0.2, -0.15) is 0 Å². The lowest BCUT2D eigenvalue weighted by Gasteiger charge is -2.44. The van der Waals surface area contributed by atoms with E-state index in [0.717, 1.165) is 56.4 Å². The number of rotatable bonds is 2. The molecule has 0 N–H and O–H groups in total. The molecule has 1 fully saturated rings. The van der Waals surface area contributed by atoms with Crippen LogP contribution >= 0.6 is 0 Å². The molecule has 6 nitrogen and oxygen atoms in total. The van der Waals surface area contributed by atoms with Gasteiger partial charge in [0.1, 0.15) is 5.75 Å². The quantitative estimate of drug-likeness (QED) is 0.740. The molecule has 162 valence electrons. The van der Waals surface area contributed by atoms with Crippen molar-refractivity contribution in [3.05, 3.63) is 46.5 Å². The zero-order valence-corrected chi connectivity index (χ0v) is 18.5. The molecule has 0 radical (unpaired) electrons. The number of hydrogen-bond acceptors (Lipinski definition) is 6. The minimum atomic E-state index is 0.276. The molecule has 0 aromatic heterocycles. The zero-order chi connectivity index (χ0) is 21.1. The second kappa shape index (κ2) is 7.09. The van der Waals surface area contributed by atoms with E-state index < -0.39 is 0 Å². The molecule has 31 heavy (non-hydrogen) atoms. The molecule has 1 atom stereocenters. The Labute approximate surface area is 183 Å². The second-order valence-corrected chi connectivity index (χ2v) is 8.92. The Morgan fingerprint density at radius 1 is 1.00 bits per heavy atom. The van der Waals surface area contributed by atoms with Crippen molar-refractivity contribution in [2.45, 2.75) is 19.4 Å². The molecular formula is C25H29N3O3. The van der Waals surface area contributed by atoms with Crippen LogP contribution in [-0.2, 0) is 6.42 Å². The average molecular weight is 420 g/mol. The lowest BCUT2D eigenvalue weighted by molar-refractivity contribution is 0.174. The zero-order valence-electron chi connectivity index (χ0n) is 18.5. The highest BCUT2D eigenvalue weighted by Crippen LogP contribution is 2.49. The number of hydrogen-bond donors (Lipinski definition) is 0. The SMILES string of the molecule is COc1ccc2c(c1N1CCN(C)CC1)[C@@H](C)N1CCc3cc4c(cc3C1=C2)OCO4. The van der Waals surface area contributed by atoms with Crippen molar-refractivity contribution < 1.29 is 14.2 Å². The van der Waals surface area contributed by atoms with Crippen LogP contribution in [0, 0.1) is 0 Å². The van der Waals surface area contributed by atoms with Crippen molar-refractivity contribution in [3.8, 4) is 17.2 Å². The van der Waals surface area contributed by atoms with E-state index in [-0.39, 0.29) is 6.04 Å². The molecule has 2 aromatic rings. The van der Waals surface area contributed by atoms with Gasteiger partial charge in [-0.05, 0) is 55.8 Å². The van der Waals surface area contributed by atoms with E-state index in [1.807, 2.05) is 0 Å². The highest BCUT2D eigenvalue weighted by Gasteiger charge is 2.35. The van der Waals surface area contributed by atoms with Crippen LogP contribution in [0.1, 0.15) is 35.2 Å². The number of anilines is 1. The third kappa shape index (κ3) is 2.88. The normalized spacial score (nSPS) is 21.9. The largest absolute Gasteiger partial charge is 0.495 e. The number of likely N-dealkylation sites (N-methyl/N-ethyl adjacent to an activating group) is 1. The predicted octanol–water partition coefficient (Wildman–Crippen LogP) is 3.61. The fraction of sp³-hybridized carbons (Fsp3) is 0.440. The van der Waals surface area contributed by atoms with Crippen molar-refractivity contribution in [1.29, 1.82) is 0 Å². The third-order valence-electron chi connectivity index (χ3n) is 7.24. The fourth-order valence-corrected chi connectivity index (χ4v) is 5.50. The number of benzene rings is 2. The molecule has 0 saturated carbocycles. The second-order valence-electron chi connectivity index (χ2n) is 8.92. The van der Waals surface area contributed by atoms with E-state index in [4.69, 9.17) is 14.2 Å². The summed E-state index contributed by atoms with van der Waals surface area (Å²) in [5, 5.41) is 0. The number of methoxy groups -OCH3 is 1. The maximum atomic E-state index is 5.86.